The van der Waals surface area contributed by atoms with Gasteiger partial charge in [0, 0.05) is 48.5 Å². The van der Waals surface area contributed by atoms with Crippen LogP contribution in [0.2, 0.25) is 0 Å². The van der Waals surface area contributed by atoms with Crippen LogP contribution in [0, 0.1) is 5.41 Å². The highest BCUT2D eigenvalue weighted by Crippen LogP contribution is 2.43. The molecular formula is C23H24N4O3. The number of hydrogen-bond acceptors (Lipinski definition) is 5. The Balaban J connectivity index is 1.85. The second kappa shape index (κ2) is 7.76. The van der Waals surface area contributed by atoms with Gasteiger partial charge in [0.2, 0.25) is 5.91 Å². The molecule has 2 aromatic heterocycles. The van der Waals surface area contributed by atoms with E-state index in [2.05, 4.69) is 20.6 Å². The molecule has 7 heteroatoms. The molecule has 0 radical (unpaired) electrons. The van der Waals surface area contributed by atoms with Crippen LogP contribution in [-0.4, -0.2) is 33.4 Å². The smallest absolute Gasteiger partial charge is 0.222 e. The number of carbonyl (C=O) groups is 2. The second-order valence-corrected chi connectivity index (χ2v) is 8.08. The van der Waals surface area contributed by atoms with Crippen molar-refractivity contribution in [3.63, 3.8) is 0 Å². The number of amides is 1. The zero-order chi connectivity index (χ0) is 21.3. The number of hydrogen-bond donors (Lipinski definition) is 4. The topological polar surface area (TPSA) is 107 Å². The molecule has 1 aromatic carbocycles. The predicted molar refractivity (Wildman–Crippen MR) is 116 cm³/mol. The highest BCUT2D eigenvalue weighted by Gasteiger charge is 2.38. The number of H-pyrrole nitrogens is 1. The summed E-state index contributed by atoms with van der Waals surface area (Å²) in [5.74, 6) is 0.219. The number of aliphatic hydroxyl groups is 1. The Bertz CT molecular complexity index is 1110. The van der Waals surface area contributed by atoms with E-state index in [1.54, 1.807) is 12.3 Å². The first-order valence-corrected chi connectivity index (χ1v) is 9.83. The summed E-state index contributed by atoms with van der Waals surface area (Å²) in [5, 5.41) is 15.9. The normalized spacial score (nSPS) is 18.0. The maximum Gasteiger partial charge on any atom is 0.222 e. The molecule has 7 nitrogen and oxygen atoms in total. The van der Waals surface area contributed by atoms with E-state index in [0.29, 0.717) is 23.5 Å². The van der Waals surface area contributed by atoms with Crippen molar-refractivity contribution in [2.45, 2.75) is 26.7 Å². The molecule has 154 valence electrons. The van der Waals surface area contributed by atoms with Crippen LogP contribution in [0.3, 0.4) is 0 Å². The first kappa shape index (κ1) is 19.8. The van der Waals surface area contributed by atoms with Gasteiger partial charge in [-0.2, -0.15) is 0 Å². The fourth-order valence-electron chi connectivity index (χ4n) is 3.91. The number of ketones is 1. The summed E-state index contributed by atoms with van der Waals surface area (Å²) in [6.07, 6.45) is 2.47. The summed E-state index contributed by atoms with van der Waals surface area (Å²) in [6, 6.07) is 13.2. The molecule has 4 N–H and O–H groups in total. The minimum atomic E-state index is -0.490. The van der Waals surface area contributed by atoms with Crippen LogP contribution in [0.5, 0.6) is 0 Å². The number of benzene rings is 1. The molecule has 0 fully saturated rings. The molecule has 1 unspecified atom stereocenters. The number of aromatic nitrogens is 2. The molecular weight excluding hydrogens is 380 g/mol. The number of rotatable bonds is 5. The summed E-state index contributed by atoms with van der Waals surface area (Å²) in [5.41, 5.74) is 4.02. The van der Waals surface area contributed by atoms with Crippen LogP contribution < -0.4 is 10.6 Å². The van der Waals surface area contributed by atoms with Crippen molar-refractivity contribution in [3.8, 4) is 11.3 Å². The van der Waals surface area contributed by atoms with Crippen molar-refractivity contribution in [1.82, 2.24) is 9.97 Å². The Kier molecular flexibility index (Phi) is 5.13. The summed E-state index contributed by atoms with van der Waals surface area (Å²) >= 11 is 0. The number of nitrogens with zero attached hydrogens (tertiary/aromatic N) is 1. The van der Waals surface area contributed by atoms with Gasteiger partial charge in [0.1, 0.15) is 5.82 Å². The second-order valence-electron chi connectivity index (χ2n) is 8.08. The van der Waals surface area contributed by atoms with Crippen molar-refractivity contribution in [3.05, 3.63) is 59.9 Å². The predicted octanol–water partition coefficient (Wildman–Crippen LogP) is 3.91. The number of anilines is 3. The number of aliphatic hydroxyl groups excluding tert-OH is 1. The lowest BCUT2D eigenvalue weighted by molar-refractivity contribution is -0.114. The Labute approximate surface area is 174 Å². The van der Waals surface area contributed by atoms with Crippen LogP contribution in [0.25, 0.3) is 11.3 Å². The van der Waals surface area contributed by atoms with Crippen LogP contribution in [0.1, 0.15) is 36.3 Å². The van der Waals surface area contributed by atoms with Gasteiger partial charge in [-0.25, -0.2) is 4.98 Å². The number of pyridine rings is 1. The van der Waals surface area contributed by atoms with Gasteiger partial charge >= 0.3 is 0 Å². The first-order chi connectivity index (χ1) is 14.4. The Morgan fingerprint density at radius 1 is 1.23 bits per heavy atom. The molecule has 30 heavy (non-hydrogen) atoms. The lowest BCUT2D eigenvalue weighted by Gasteiger charge is -2.30. The molecule has 1 aliphatic rings. The first-order valence-electron chi connectivity index (χ1n) is 9.83. The molecule has 3 aromatic rings. The highest BCUT2D eigenvalue weighted by molar-refractivity contribution is 6.08. The van der Waals surface area contributed by atoms with Gasteiger partial charge in [0.15, 0.2) is 5.78 Å². The van der Waals surface area contributed by atoms with Crippen molar-refractivity contribution >= 4 is 28.9 Å². The van der Waals surface area contributed by atoms with Gasteiger partial charge in [-0.15, -0.1) is 0 Å². The SMILES string of the molecule is CC(=O)Nc1cc(-c2[nH]c3c(c2Nc2ccccc2)C(=O)CC(C)(CO)C3)ccn1. The lowest BCUT2D eigenvalue weighted by Crippen LogP contribution is -2.32. The lowest BCUT2D eigenvalue weighted by atomic mass is 9.75. The van der Waals surface area contributed by atoms with Crippen LogP contribution in [0.15, 0.2) is 48.7 Å². The molecule has 1 amide bonds. The Morgan fingerprint density at radius 2 is 2.00 bits per heavy atom. The van der Waals surface area contributed by atoms with Crippen molar-refractivity contribution in [2.24, 2.45) is 5.41 Å². The fourth-order valence-corrected chi connectivity index (χ4v) is 3.91. The molecule has 1 aliphatic carbocycles. The quantitative estimate of drug-likeness (QED) is 0.516. The zero-order valence-corrected chi connectivity index (χ0v) is 17.0. The standard InChI is InChI=1S/C23H24N4O3/c1-14(29)25-19-10-15(8-9-24-19)21-22(26-16-6-4-3-5-7-16)20-17(27-21)11-23(2,13-28)12-18(20)30/h3-10,26-28H,11-13H2,1-2H3,(H,24,25,29). The van der Waals surface area contributed by atoms with Crippen LogP contribution in [0.4, 0.5) is 17.2 Å². The molecule has 0 spiro atoms. The number of nitrogens with one attached hydrogen (secondary N) is 3. The van der Waals surface area contributed by atoms with E-state index in [1.807, 2.05) is 43.3 Å². The van der Waals surface area contributed by atoms with Gasteiger partial charge in [0.25, 0.3) is 0 Å². The third-order valence-electron chi connectivity index (χ3n) is 5.32. The van der Waals surface area contributed by atoms with E-state index in [0.717, 1.165) is 22.6 Å². The highest BCUT2D eigenvalue weighted by atomic mass is 16.3. The van der Waals surface area contributed by atoms with Crippen molar-refractivity contribution in [2.75, 3.05) is 17.2 Å². The largest absolute Gasteiger partial charge is 0.396 e. The molecule has 0 saturated heterocycles. The summed E-state index contributed by atoms with van der Waals surface area (Å²) < 4.78 is 0. The molecule has 0 saturated carbocycles. The summed E-state index contributed by atoms with van der Waals surface area (Å²) in [7, 11) is 0. The fraction of sp³-hybridized carbons (Fsp3) is 0.261. The molecule has 2 heterocycles. The number of Topliss-reactive ketones (excluding diaryl/α,β-unsaturated/α-hetero) is 1. The number of aromatic amines is 1. The van der Waals surface area contributed by atoms with E-state index >= 15 is 0 Å². The average molecular weight is 404 g/mol. The van der Waals surface area contributed by atoms with E-state index < -0.39 is 5.41 Å². The van der Waals surface area contributed by atoms with Crippen molar-refractivity contribution in [1.29, 1.82) is 0 Å². The molecule has 0 bridgehead atoms. The van der Waals surface area contributed by atoms with Gasteiger partial charge < -0.3 is 20.7 Å². The van der Waals surface area contributed by atoms with E-state index in [1.165, 1.54) is 6.92 Å². The molecule has 0 aliphatic heterocycles. The van der Waals surface area contributed by atoms with Gasteiger partial charge in [-0.1, -0.05) is 25.1 Å². The monoisotopic (exact) mass is 404 g/mol. The Morgan fingerprint density at radius 3 is 2.70 bits per heavy atom. The van der Waals surface area contributed by atoms with Crippen molar-refractivity contribution < 1.29 is 14.7 Å². The molecule has 1 atom stereocenters. The zero-order valence-electron chi connectivity index (χ0n) is 17.0. The van der Waals surface area contributed by atoms with E-state index in [4.69, 9.17) is 0 Å². The van der Waals surface area contributed by atoms with Gasteiger partial charge in [0.05, 0.1) is 16.9 Å². The maximum absolute atomic E-state index is 13.1. The van der Waals surface area contributed by atoms with E-state index in [-0.39, 0.29) is 24.7 Å². The average Bonchev–Trinajstić information content (AvgIpc) is 3.06. The summed E-state index contributed by atoms with van der Waals surface area (Å²) in [4.78, 5) is 32.1. The maximum atomic E-state index is 13.1. The summed E-state index contributed by atoms with van der Waals surface area (Å²) in [6.45, 7) is 3.29. The van der Waals surface area contributed by atoms with Crippen LogP contribution >= 0.6 is 0 Å². The van der Waals surface area contributed by atoms with Gasteiger partial charge in [-0.05, 0) is 30.7 Å². The van der Waals surface area contributed by atoms with E-state index in [9.17, 15) is 14.7 Å². The minimum Gasteiger partial charge on any atom is -0.396 e. The number of carbonyl (C=O) groups excluding carboxylic acids is 2. The number of fused-ring (bicyclic) bond motifs is 1. The number of para-hydroxylation sites is 1. The molecule has 4 rings (SSSR count). The Hall–Kier alpha value is -3.45. The van der Waals surface area contributed by atoms with Gasteiger partial charge in [-0.3, -0.25) is 9.59 Å². The third-order valence-corrected chi connectivity index (χ3v) is 5.32. The van der Waals surface area contributed by atoms with Crippen LogP contribution in [-0.2, 0) is 11.2 Å². The minimum absolute atomic E-state index is 0.00938. The third kappa shape index (κ3) is 3.84.